The summed E-state index contributed by atoms with van der Waals surface area (Å²) >= 11 is 0. The van der Waals surface area contributed by atoms with Crippen molar-refractivity contribution in [3.63, 3.8) is 0 Å². The van der Waals surface area contributed by atoms with Crippen molar-refractivity contribution in [1.82, 2.24) is 4.98 Å². The summed E-state index contributed by atoms with van der Waals surface area (Å²) in [4.78, 5) is 14.0. The van der Waals surface area contributed by atoms with Gasteiger partial charge in [0.25, 0.3) is 5.69 Å². The normalized spacial score (nSPS) is 11.2. The molecule has 1 heterocycles. The van der Waals surface area contributed by atoms with Crippen LogP contribution in [0.3, 0.4) is 0 Å². The lowest BCUT2D eigenvalue weighted by atomic mass is 10.2. The van der Waals surface area contributed by atoms with Crippen LogP contribution in [-0.4, -0.2) is 18.3 Å². The molecule has 0 unspecified atom stereocenters. The molecule has 98 valence electrons. The Bertz CT molecular complexity index is 699. The van der Waals surface area contributed by atoms with Crippen LogP contribution in [0.25, 0.3) is 0 Å². The Kier molecular flexibility index (Phi) is 3.57. The van der Waals surface area contributed by atoms with Crippen LogP contribution in [0.2, 0.25) is 0 Å². The standard InChI is InChI=1S/C12H10N2O4S/c15-14(16)11-6-2-1-5-10(11)9-19(17,18)12-7-3-4-8-13-12/h1-8H,9H2. The average molecular weight is 278 g/mol. The van der Waals surface area contributed by atoms with Crippen molar-refractivity contribution in [3.8, 4) is 0 Å². The van der Waals surface area contributed by atoms with Gasteiger partial charge in [0, 0.05) is 17.8 Å². The number of hydrogen-bond acceptors (Lipinski definition) is 5. The maximum absolute atomic E-state index is 12.1. The Morgan fingerprint density at radius 3 is 2.42 bits per heavy atom. The van der Waals surface area contributed by atoms with E-state index in [2.05, 4.69) is 4.98 Å². The molecular weight excluding hydrogens is 268 g/mol. The van der Waals surface area contributed by atoms with Crippen LogP contribution in [0.5, 0.6) is 0 Å². The highest BCUT2D eigenvalue weighted by molar-refractivity contribution is 7.90. The van der Waals surface area contributed by atoms with Gasteiger partial charge in [0.15, 0.2) is 14.9 Å². The summed E-state index contributed by atoms with van der Waals surface area (Å²) in [5.74, 6) is -0.443. The van der Waals surface area contributed by atoms with Crippen LogP contribution in [-0.2, 0) is 15.6 Å². The van der Waals surface area contributed by atoms with Crippen LogP contribution < -0.4 is 0 Å². The molecule has 7 heteroatoms. The Balaban J connectivity index is 2.39. The van der Waals surface area contributed by atoms with Crippen LogP contribution in [0.15, 0.2) is 53.7 Å². The first-order valence-corrected chi connectivity index (χ1v) is 7.02. The predicted octanol–water partition coefficient (Wildman–Crippen LogP) is 1.96. The molecule has 0 saturated heterocycles. The predicted molar refractivity (Wildman–Crippen MR) is 68.2 cm³/mol. The van der Waals surface area contributed by atoms with E-state index >= 15 is 0 Å². The molecule has 19 heavy (non-hydrogen) atoms. The maximum atomic E-state index is 12.1. The fourth-order valence-electron chi connectivity index (χ4n) is 1.62. The Hall–Kier alpha value is -2.28. The maximum Gasteiger partial charge on any atom is 0.273 e. The molecule has 0 aliphatic rings. The summed E-state index contributed by atoms with van der Waals surface area (Å²) in [7, 11) is -3.68. The van der Waals surface area contributed by atoms with Crippen molar-refractivity contribution in [2.24, 2.45) is 0 Å². The van der Waals surface area contributed by atoms with E-state index in [0.29, 0.717) is 0 Å². The number of pyridine rings is 1. The molecule has 0 bridgehead atoms. The number of sulfone groups is 1. The lowest BCUT2D eigenvalue weighted by Gasteiger charge is -2.04. The first kappa shape index (κ1) is 13.2. The number of aromatic nitrogens is 1. The molecule has 0 saturated carbocycles. The molecule has 0 fully saturated rings. The first-order chi connectivity index (χ1) is 9.00. The third kappa shape index (κ3) is 2.94. The summed E-state index contributed by atoms with van der Waals surface area (Å²) in [6.07, 6.45) is 1.37. The number of rotatable bonds is 4. The van der Waals surface area contributed by atoms with Gasteiger partial charge >= 0.3 is 0 Å². The summed E-state index contributed by atoms with van der Waals surface area (Å²) in [6, 6.07) is 10.3. The molecule has 0 N–H and O–H groups in total. The SMILES string of the molecule is O=[N+]([O-])c1ccccc1CS(=O)(=O)c1ccccn1. The molecule has 0 spiro atoms. The average Bonchev–Trinajstić information content (AvgIpc) is 2.39. The van der Waals surface area contributed by atoms with E-state index < -0.39 is 20.5 Å². The summed E-state index contributed by atoms with van der Waals surface area (Å²) in [5.41, 5.74) is -0.0554. The van der Waals surface area contributed by atoms with Gasteiger partial charge in [0.1, 0.15) is 0 Å². The number of nitrogens with zero attached hydrogens (tertiary/aromatic N) is 2. The fourth-order valence-corrected chi connectivity index (χ4v) is 2.93. The van der Waals surface area contributed by atoms with Gasteiger partial charge in [-0.25, -0.2) is 13.4 Å². The zero-order chi connectivity index (χ0) is 13.9. The molecule has 2 rings (SSSR count). The number of benzene rings is 1. The Morgan fingerprint density at radius 2 is 1.79 bits per heavy atom. The van der Waals surface area contributed by atoms with E-state index in [-0.39, 0.29) is 16.3 Å². The zero-order valence-electron chi connectivity index (χ0n) is 9.76. The minimum atomic E-state index is -3.68. The van der Waals surface area contributed by atoms with E-state index in [1.807, 2.05) is 0 Å². The highest BCUT2D eigenvalue weighted by atomic mass is 32.2. The van der Waals surface area contributed by atoms with Gasteiger partial charge < -0.3 is 0 Å². The van der Waals surface area contributed by atoms with Crippen molar-refractivity contribution in [1.29, 1.82) is 0 Å². The van der Waals surface area contributed by atoms with Crippen LogP contribution in [0, 0.1) is 10.1 Å². The van der Waals surface area contributed by atoms with Crippen LogP contribution >= 0.6 is 0 Å². The molecule has 1 aromatic heterocycles. The molecular formula is C12H10N2O4S. The zero-order valence-corrected chi connectivity index (χ0v) is 10.6. The molecule has 6 nitrogen and oxygen atoms in total. The van der Waals surface area contributed by atoms with E-state index in [4.69, 9.17) is 0 Å². The van der Waals surface area contributed by atoms with E-state index in [0.717, 1.165) is 0 Å². The second-order valence-electron chi connectivity index (χ2n) is 3.81. The number of nitro groups is 1. The molecule has 1 aromatic carbocycles. The fraction of sp³-hybridized carbons (Fsp3) is 0.0833. The highest BCUT2D eigenvalue weighted by Crippen LogP contribution is 2.22. The van der Waals surface area contributed by atoms with Crippen molar-refractivity contribution < 1.29 is 13.3 Å². The Labute approximate surface area is 109 Å². The van der Waals surface area contributed by atoms with Gasteiger partial charge in [-0.2, -0.15) is 0 Å². The molecule has 0 amide bonds. The van der Waals surface area contributed by atoms with E-state index in [9.17, 15) is 18.5 Å². The Morgan fingerprint density at radius 1 is 1.11 bits per heavy atom. The van der Waals surface area contributed by atoms with Crippen LogP contribution in [0.1, 0.15) is 5.56 Å². The summed E-state index contributed by atoms with van der Waals surface area (Å²) in [5, 5.41) is 10.7. The van der Waals surface area contributed by atoms with Crippen LogP contribution in [0.4, 0.5) is 5.69 Å². The number of hydrogen-bond donors (Lipinski definition) is 0. The molecule has 0 atom stereocenters. The van der Waals surface area contributed by atoms with E-state index in [1.165, 1.54) is 30.5 Å². The topological polar surface area (TPSA) is 90.2 Å². The number of nitro benzene ring substituents is 1. The van der Waals surface area contributed by atoms with Gasteiger partial charge in [-0.3, -0.25) is 10.1 Å². The van der Waals surface area contributed by atoms with Gasteiger partial charge in [0.2, 0.25) is 0 Å². The molecule has 0 aliphatic heterocycles. The van der Waals surface area contributed by atoms with Crippen molar-refractivity contribution in [3.05, 3.63) is 64.3 Å². The first-order valence-electron chi connectivity index (χ1n) is 5.37. The summed E-state index contributed by atoms with van der Waals surface area (Å²) < 4.78 is 24.2. The molecule has 0 aliphatic carbocycles. The summed E-state index contributed by atoms with van der Waals surface area (Å²) in [6.45, 7) is 0. The van der Waals surface area contributed by atoms with Gasteiger partial charge in [-0.1, -0.05) is 24.3 Å². The minimum absolute atomic E-state index is 0.0897. The second kappa shape index (κ2) is 5.15. The molecule has 2 aromatic rings. The monoisotopic (exact) mass is 278 g/mol. The lowest BCUT2D eigenvalue weighted by molar-refractivity contribution is -0.385. The smallest absolute Gasteiger partial charge is 0.258 e. The third-order valence-corrected chi connectivity index (χ3v) is 4.06. The second-order valence-corrected chi connectivity index (χ2v) is 5.75. The number of para-hydroxylation sites is 1. The largest absolute Gasteiger partial charge is 0.273 e. The third-order valence-electron chi connectivity index (χ3n) is 2.49. The van der Waals surface area contributed by atoms with E-state index in [1.54, 1.807) is 18.2 Å². The van der Waals surface area contributed by atoms with Gasteiger partial charge in [0.05, 0.1) is 10.7 Å². The van der Waals surface area contributed by atoms with Gasteiger partial charge in [-0.15, -0.1) is 0 Å². The van der Waals surface area contributed by atoms with Crippen molar-refractivity contribution in [2.75, 3.05) is 0 Å². The quantitative estimate of drug-likeness (QED) is 0.630. The minimum Gasteiger partial charge on any atom is -0.258 e. The lowest BCUT2D eigenvalue weighted by Crippen LogP contribution is -2.08. The van der Waals surface area contributed by atoms with Crippen molar-refractivity contribution in [2.45, 2.75) is 10.8 Å². The highest BCUT2D eigenvalue weighted by Gasteiger charge is 2.22. The van der Waals surface area contributed by atoms with Crippen molar-refractivity contribution >= 4 is 15.5 Å². The van der Waals surface area contributed by atoms with Gasteiger partial charge in [-0.05, 0) is 12.1 Å². The molecule has 0 radical (unpaired) electrons.